The van der Waals surface area contributed by atoms with E-state index in [1.165, 1.54) is 125 Å². The standard InChI is InChI=1S/C30H46N4/c1-3-31-27-20-18-26-19-22-30(27)34(26)24-13-11-9-7-5-6-8-10-12-23-32-28-21-17-25-15-14-16-29(28)33(25)4-2/h3-4,17-18,31-32H,1-2,5-16,19-24H2. The van der Waals surface area contributed by atoms with Crippen molar-refractivity contribution >= 4 is 0 Å². The van der Waals surface area contributed by atoms with E-state index in [0.29, 0.717) is 0 Å². The van der Waals surface area contributed by atoms with Crippen LogP contribution in [0.3, 0.4) is 0 Å². The molecule has 4 aliphatic heterocycles. The Kier molecular flexibility index (Phi) is 9.41. The molecule has 0 aromatic rings. The smallest absolute Gasteiger partial charge is 0.0415 e. The lowest BCUT2D eigenvalue weighted by Gasteiger charge is -2.36. The minimum atomic E-state index is 1.05. The van der Waals surface area contributed by atoms with E-state index < -0.39 is 0 Å². The van der Waals surface area contributed by atoms with Gasteiger partial charge in [0, 0.05) is 66.3 Å². The third-order valence-electron chi connectivity index (χ3n) is 7.87. The second kappa shape index (κ2) is 12.9. The lowest BCUT2D eigenvalue weighted by atomic mass is 9.96. The molecule has 0 atom stereocenters. The Balaban J connectivity index is 0.997. The van der Waals surface area contributed by atoms with Crippen LogP contribution in [-0.2, 0) is 0 Å². The fourth-order valence-electron chi connectivity index (χ4n) is 6.06. The quantitative estimate of drug-likeness (QED) is 0.232. The van der Waals surface area contributed by atoms with E-state index >= 15 is 0 Å². The molecule has 2 fully saturated rings. The van der Waals surface area contributed by atoms with Gasteiger partial charge in [-0.3, -0.25) is 0 Å². The van der Waals surface area contributed by atoms with Crippen LogP contribution < -0.4 is 10.6 Å². The highest BCUT2D eigenvalue weighted by molar-refractivity contribution is 5.33. The summed E-state index contributed by atoms with van der Waals surface area (Å²) in [5, 5.41) is 7.10. The first-order valence-corrected chi connectivity index (χ1v) is 13.9. The Hall–Kier alpha value is -2.36. The van der Waals surface area contributed by atoms with Crippen LogP contribution in [0.25, 0.3) is 0 Å². The minimum absolute atomic E-state index is 1.05. The molecule has 2 N–H and O–H groups in total. The Bertz CT molecular complexity index is 844. The third kappa shape index (κ3) is 6.20. The third-order valence-corrected chi connectivity index (χ3v) is 7.87. The molecule has 0 saturated carbocycles. The molecule has 4 rings (SSSR count). The van der Waals surface area contributed by atoms with E-state index in [9.17, 15) is 0 Å². The van der Waals surface area contributed by atoms with Gasteiger partial charge in [0.05, 0.1) is 0 Å². The first kappa shape index (κ1) is 24.8. The maximum absolute atomic E-state index is 4.01. The molecule has 0 amide bonds. The second-order valence-electron chi connectivity index (χ2n) is 10.2. The zero-order valence-electron chi connectivity index (χ0n) is 21.3. The molecule has 0 spiro atoms. The van der Waals surface area contributed by atoms with Crippen LogP contribution >= 0.6 is 0 Å². The average Bonchev–Trinajstić information content (AvgIpc) is 3.13. The molecular weight excluding hydrogens is 416 g/mol. The molecule has 4 heterocycles. The summed E-state index contributed by atoms with van der Waals surface area (Å²) in [7, 11) is 0. The summed E-state index contributed by atoms with van der Waals surface area (Å²) in [6, 6.07) is 0. The van der Waals surface area contributed by atoms with Crippen molar-refractivity contribution in [2.24, 2.45) is 0 Å². The number of fused-ring (bicyclic) bond motifs is 4. The predicted molar refractivity (Wildman–Crippen MR) is 144 cm³/mol. The van der Waals surface area contributed by atoms with E-state index in [2.05, 4.69) is 45.7 Å². The van der Waals surface area contributed by atoms with Crippen molar-refractivity contribution < 1.29 is 0 Å². The van der Waals surface area contributed by atoms with Gasteiger partial charge in [0.1, 0.15) is 0 Å². The van der Waals surface area contributed by atoms with Crippen molar-refractivity contribution in [2.45, 2.75) is 103 Å². The van der Waals surface area contributed by atoms with Gasteiger partial charge in [-0.1, -0.05) is 70.3 Å². The Morgan fingerprint density at radius 3 is 2.21 bits per heavy atom. The summed E-state index contributed by atoms with van der Waals surface area (Å²) in [5.41, 5.74) is 8.78. The maximum Gasteiger partial charge on any atom is 0.0415 e. The first-order chi connectivity index (χ1) is 16.8. The van der Waals surface area contributed by atoms with E-state index in [4.69, 9.17) is 0 Å². The molecule has 4 nitrogen and oxygen atoms in total. The van der Waals surface area contributed by atoms with Crippen LogP contribution in [0.2, 0.25) is 0 Å². The fourth-order valence-corrected chi connectivity index (χ4v) is 6.06. The first-order valence-electron chi connectivity index (χ1n) is 13.9. The molecule has 0 aromatic carbocycles. The SMILES string of the molecule is C=CNC1=C2CCC(=CC1)N2CCCCCCCCCCCNC1=C2CCCC(=CC1)N2C=C. The van der Waals surface area contributed by atoms with Gasteiger partial charge >= 0.3 is 0 Å². The lowest BCUT2D eigenvalue weighted by molar-refractivity contribution is 0.413. The fraction of sp³-hybridized carbons (Fsp3) is 0.600. The zero-order valence-corrected chi connectivity index (χ0v) is 21.3. The molecule has 4 bridgehead atoms. The van der Waals surface area contributed by atoms with Crippen LogP contribution in [-0.4, -0.2) is 22.9 Å². The van der Waals surface area contributed by atoms with Gasteiger partial charge in [-0.2, -0.15) is 0 Å². The maximum atomic E-state index is 4.01. The summed E-state index contributed by atoms with van der Waals surface area (Å²) < 4.78 is 0. The summed E-state index contributed by atoms with van der Waals surface area (Å²) >= 11 is 0. The number of piperidine rings is 1. The van der Waals surface area contributed by atoms with Crippen LogP contribution in [0.4, 0.5) is 0 Å². The van der Waals surface area contributed by atoms with Gasteiger partial charge in [0.25, 0.3) is 0 Å². The Morgan fingerprint density at radius 2 is 1.44 bits per heavy atom. The summed E-state index contributed by atoms with van der Waals surface area (Å²) in [6.45, 7) is 10.1. The topological polar surface area (TPSA) is 30.5 Å². The van der Waals surface area contributed by atoms with Crippen LogP contribution in [0.1, 0.15) is 103 Å². The lowest BCUT2D eigenvalue weighted by Crippen LogP contribution is -2.30. The van der Waals surface area contributed by atoms with Gasteiger partial charge in [-0.25, -0.2) is 0 Å². The van der Waals surface area contributed by atoms with Crippen molar-refractivity contribution in [3.63, 3.8) is 0 Å². The van der Waals surface area contributed by atoms with Crippen molar-refractivity contribution in [1.82, 2.24) is 20.4 Å². The Morgan fingerprint density at radius 1 is 0.735 bits per heavy atom. The normalized spacial score (nSPS) is 19.3. The van der Waals surface area contributed by atoms with Gasteiger partial charge in [0.2, 0.25) is 0 Å². The van der Waals surface area contributed by atoms with Gasteiger partial charge in [0.15, 0.2) is 0 Å². The van der Waals surface area contributed by atoms with Gasteiger partial charge in [-0.15, -0.1) is 0 Å². The molecular formula is C30H46N4. The number of rotatable bonds is 16. The molecule has 2 saturated heterocycles. The van der Waals surface area contributed by atoms with Crippen LogP contribution in [0.15, 0.2) is 71.9 Å². The van der Waals surface area contributed by atoms with Crippen LogP contribution in [0.5, 0.6) is 0 Å². The van der Waals surface area contributed by atoms with E-state index in [1.54, 1.807) is 5.70 Å². The molecule has 0 aromatic heterocycles. The largest absolute Gasteiger partial charge is 0.387 e. The molecule has 0 radical (unpaired) electrons. The molecule has 0 aliphatic carbocycles. The predicted octanol–water partition coefficient (Wildman–Crippen LogP) is 7.54. The zero-order chi connectivity index (χ0) is 23.6. The highest BCUT2D eigenvalue weighted by Crippen LogP contribution is 2.37. The van der Waals surface area contributed by atoms with Crippen molar-refractivity contribution in [3.8, 4) is 0 Å². The average molecular weight is 463 g/mol. The van der Waals surface area contributed by atoms with Crippen molar-refractivity contribution in [3.05, 3.63) is 71.9 Å². The number of unbranched alkanes of at least 4 members (excludes halogenated alkanes) is 8. The molecule has 4 aliphatic rings. The van der Waals surface area contributed by atoms with Gasteiger partial charge < -0.3 is 20.4 Å². The highest BCUT2D eigenvalue weighted by atomic mass is 15.2. The minimum Gasteiger partial charge on any atom is -0.387 e. The monoisotopic (exact) mass is 462 g/mol. The molecule has 186 valence electrons. The van der Waals surface area contributed by atoms with Gasteiger partial charge in [-0.05, 0) is 51.1 Å². The van der Waals surface area contributed by atoms with E-state index in [-0.39, 0.29) is 0 Å². The van der Waals surface area contributed by atoms with E-state index in [0.717, 1.165) is 19.4 Å². The van der Waals surface area contributed by atoms with Crippen molar-refractivity contribution in [2.75, 3.05) is 13.1 Å². The van der Waals surface area contributed by atoms with Crippen LogP contribution in [0, 0.1) is 0 Å². The number of nitrogens with zero attached hydrogens (tertiary/aromatic N) is 2. The van der Waals surface area contributed by atoms with Crippen molar-refractivity contribution in [1.29, 1.82) is 0 Å². The molecule has 4 heteroatoms. The van der Waals surface area contributed by atoms with E-state index in [1.807, 2.05) is 12.4 Å². The molecule has 0 unspecified atom stereocenters. The number of allylic oxidation sites excluding steroid dienone is 6. The summed E-state index contributed by atoms with van der Waals surface area (Å²) in [6.07, 6.45) is 29.1. The highest BCUT2D eigenvalue weighted by Gasteiger charge is 2.27. The molecule has 34 heavy (non-hydrogen) atoms. The number of hydrogen-bond donors (Lipinski definition) is 2. The summed E-state index contributed by atoms with van der Waals surface area (Å²) in [5.74, 6) is 0. The number of nitrogens with one attached hydrogen (secondary N) is 2. The Labute approximate surface area is 208 Å². The summed E-state index contributed by atoms with van der Waals surface area (Å²) in [4.78, 5) is 4.89. The number of hydrogen-bond acceptors (Lipinski definition) is 4. The second-order valence-corrected chi connectivity index (χ2v) is 10.2.